The second-order valence-electron chi connectivity index (χ2n) is 6.31. The quantitative estimate of drug-likeness (QED) is 0.662. The van der Waals surface area contributed by atoms with E-state index in [4.69, 9.17) is 4.98 Å². The van der Waals surface area contributed by atoms with Gasteiger partial charge in [0, 0.05) is 43.0 Å². The third-order valence-corrected chi connectivity index (χ3v) is 5.89. The van der Waals surface area contributed by atoms with Crippen LogP contribution in [0.2, 0.25) is 0 Å². The van der Waals surface area contributed by atoms with E-state index in [9.17, 15) is 0 Å². The van der Waals surface area contributed by atoms with E-state index >= 15 is 0 Å². The third-order valence-electron chi connectivity index (χ3n) is 4.47. The van der Waals surface area contributed by atoms with Crippen molar-refractivity contribution < 1.29 is 0 Å². The summed E-state index contributed by atoms with van der Waals surface area (Å²) in [7, 11) is 1.84. The largest absolute Gasteiger partial charge is 0.393 e. The van der Waals surface area contributed by atoms with Gasteiger partial charge in [0.05, 0.1) is 10.4 Å². The number of fused-ring (bicyclic) bond motifs is 1. The summed E-state index contributed by atoms with van der Waals surface area (Å²) >= 11 is 6.10. The maximum Gasteiger partial charge on any atom is 0.171 e. The highest BCUT2D eigenvalue weighted by molar-refractivity contribution is 7.90. The molecule has 26 heavy (non-hydrogen) atoms. The first-order valence-electron chi connectivity index (χ1n) is 8.80. The van der Waals surface area contributed by atoms with E-state index in [1.807, 2.05) is 31.6 Å². The van der Waals surface area contributed by atoms with E-state index in [2.05, 4.69) is 44.9 Å². The first-order valence-corrected chi connectivity index (χ1v) is 10.1. The summed E-state index contributed by atoms with van der Waals surface area (Å²) < 4.78 is 1.06. The van der Waals surface area contributed by atoms with Gasteiger partial charge in [0.25, 0.3) is 0 Å². The first-order chi connectivity index (χ1) is 12.7. The molecule has 4 heterocycles. The molecule has 1 saturated heterocycles. The van der Waals surface area contributed by atoms with Crippen LogP contribution in [0.25, 0.3) is 25.8 Å². The van der Waals surface area contributed by atoms with Crippen LogP contribution in [0.15, 0.2) is 36.7 Å². The Labute approximate surface area is 162 Å². The topological polar surface area (TPSA) is 53.9 Å². The Morgan fingerprint density at radius 3 is 2.73 bits per heavy atom. The molecule has 1 N–H and O–H groups in total. The van der Waals surface area contributed by atoms with E-state index in [1.165, 1.54) is 19.3 Å². The second-order valence-corrected chi connectivity index (χ2v) is 7.82. The lowest BCUT2D eigenvalue weighted by atomic mass is 10.1. The van der Waals surface area contributed by atoms with Crippen molar-refractivity contribution in [3.8, 4) is 10.6 Å². The van der Waals surface area contributed by atoms with Gasteiger partial charge in [-0.3, -0.25) is 0 Å². The molecule has 0 saturated carbocycles. The van der Waals surface area contributed by atoms with Crippen LogP contribution in [0.5, 0.6) is 0 Å². The molecular weight excluding hydrogens is 362 g/mol. The fourth-order valence-electron chi connectivity index (χ4n) is 3.12. The maximum atomic E-state index is 4.70. The average Bonchev–Trinajstić information content (AvgIpc) is 3.12. The third kappa shape index (κ3) is 3.54. The van der Waals surface area contributed by atoms with Gasteiger partial charge in [0.2, 0.25) is 0 Å². The fourth-order valence-corrected chi connectivity index (χ4v) is 4.27. The summed E-state index contributed by atoms with van der Waals surface area (Å²) in [5.74, 6) is 1.06. The molecule has 0 spiro atoms. The zero-order valence-electron chi connectivity index (χ0n) is 14.6. The van der Waals surface area contributed by atoms with E-state index in [1.54, 1.807) is 11.3 Å². The Balaban J connectivity index is 1.61. The van der Waals surface area contributed by atoms with Crippen LogP contribution in [-0.4, -0.2) is 35.1 Å². The highest BCUT2D eigenvalue weighted by atomic mass is 32.1. The Morgan fingerprint density at radius 2 is 2.00 bits per heavy atom. The summed E-state index contributed by atoms with van der Waals surface area (Å²) in [6.45, 7) is 2.21. The predicted octanol–water partition coefficient (Wildman–Crippen LogP) is 4.19. The number of thiol groups is 1. The summed E-state index contributed by atoms with van der Waals surface area (Å²) in [4.78, 5) is 17.1. The molecular formula is C19H21N5S2. The van der Waals surface area contributed by atoms with Gasteiger partial charge in [-0.2, -0.15) is 0 Å². The number of nitrogens with one attached hydrogen (secondary N) is 1. The van der Waals surface area contributed by atoms with Crippen molar-refractivity contribution in [3.05, 3.63) is 42.4 Å². The average molecular weight is 384 g/mol. The molecule has 134 valence electrons. The molecule has 1 aliphatic rings. The fraction of sp³-hybridized carbons (Fsp3) is 0.316. The minimum absolute atomic E-state index is 0.749. The number of hydrogen-bond donors (Lipinski definition) is 2. The van der Waals surface area contributed by atoms with Crippen molar-refractivity contribution in [2.75, 3.05) is 25.0 Å². The van der Waals surface area contributed by atoms with E-state index in [-0.39, 0.29) is 0 Å². The molecule has 0 atom stereocenters. The molecule has 1 aliphatic heterocycles. The van der Waals surface area contributed by atoms with Gasteiger partial charge in [0.1, 0.15) is 10.8 Å². The number of hydrogen-bond acceptors (Lipinski definition) is 7. The van der Waals surface area contributed by atoms with Crippen LogP contribution >= 0.6 is 24.0 Å². The summed E-state index contributed by atoms with van der Waals surface area (Å²) in [6, 6.07) is 8.24. The molecule has 0 bridgehead atoms. The first kappa shape index (κ1) is 17.3. The number of rotatable bonds is 4. The molecule has 0 radical (unpaired) electrons. The van der Waals surface area contributed by atoms with Crippen molar-refractivity contribution in [1.29, 1.82) is 0 Å². The van der Waals surface area contributed by atoms with Gasteiger partial charge in [0.15, 0.2) is 5.65 Å². The molecule has 3 aromatic rings. The monoisotopic (exact) mass is 383 g/mol. The number of nitrogens with zero attached hydrogens (tertiary/aromatic N) is 4. The Hall–Kier alpha value is -2.12. The van der Waals surface area contributed by atoms with Gasteiger partial charge in [-0.25, -0.2) is 15.0 Å². The van der Waals surface area contributed by atoms with Crippen molar-refractivity contribution in [2.24, 2.45) is 0 Å². The number of anilines is 1. The van der Waals surface area contributed by atoms with Crippen LogP contribution in [0, 0.1) is 0 Å². The molecule has 5 nitrogen and oxygen atoms in total. The lowest BCUT2D eigenvalue weighted by Crippen LogP contribution is -2.29. The molecule has 4 rings (SSSR count). The molecule has 0 unspecified atom stereocenters. The number of pyridine rings is 2. The highest BCUT2D eigenvalue weighted by Gasteiger charge is 2.13. The summed E-state index contributed by atoms with van der Waals surface area (Å²) in [5, 5.41) is 3.91. The van der Waals surface area contributed by atoms with E-state index in [0.29, 0.717) is 0 Å². The second kappa shape index (κ2) is 7.63. The van der Waals surface area contributed by atoms with Crippen LogP contribution in [0.1, 0.15) is 25.0 Å². The maximum absolute atomic E-state index is 4.70. The van der Waals surface area contributed by atoms with Crippen molar-refractivity contribution in [3.63, 3.8) is 0 Å². The SMILES string of the molecule is CN/C=C(\S)c1ccc2sc(-c3ccc(N4CCCCC4)nc3)nc2n1. The van der Waals surface area contributed by atoms with Crippen LogP contribution in [0.4, 0.5) is 5.82 Å². The lowest BCUT2D eigenvalue weighted by Gasteiger charge is -2.27. The van der Waals surface area contributed by atoms with Crippen molar-refractivity contribution in [1.82, 2.24) is 20.3 Å². The van der Waals surface area contributed by atoms with Crippen LogP contribution < -0.4 is 10.2 Å². The van der Waals surface area contributed by atoms with E-state index in [0.717, 1.165) is 50.4 Å². The van der Waals surface area contributed by atoms with Gasteiger partial charge >= 0.3 is 0 Å². The number of thiazole rings is 1. The number of piperidine rings is 1. The van der Waals surface area contributed by atoms with Crippen LogP contribution in [0.3, 0.4) is 0 Å². The van der Waals surface area contributed by atoms with Crippen LogP contribution in [-0.2, 0) is 0 Å². The molecule has 7 heteroatoms. The normalized spacial score (nSPS) is 15.5. The Kier molecular flexibility index (Phi) is 5.08. The Morgan fingerprint density at radius 1 is 1.15 bits per heavy atom. The molecule has 0 aliphatic carbocycles. The summed E-state index contributed by atoms with van der Waals surface area (Å²) in [5.41, 5.74) is 2.59. The molecule has 1 fully saturated rings. The predicted molar refractivity (Wildman–Crippen MR) is 113 cm³/mol. The highest BCUT2D eigenvalue weighted by Crippen LogP contribution is 2.31. The van der Waals surface area contributed by atoms with Gasteiger partial charge in [-0.15, -0.1) is 24.0 Å². The van der Waals surface area contributed by atoms with Gasteiger partial charge in [-0.1, -0.05) is 0 Å². The summed E-state index contributed by atoms with van der Waals surface area (Å²) in [6.07, 6.45) is 7.57. The molecule has 0 aromatic carbocycles. The van der Waals surface area contributed by atoms with Crippen molar-refractivity contribution >= 4 is 45.0 Å². The zero-order valence-corrected chi connectivity index (χ0v) is 16.4. The minimum atomic E-state index is 0.749. The standard InChI is InChI=1S/C19H21N5S2/c1-20-12-15(25)14-6-7-16-18(22-14)23-19(26-16)13-5-8-17(21-11-13)24-9-3-2-4-10-24/h5-8,11-12,20,25H,2-4,9-10H2,1H3/b15-12-. The smallest absolute Gasteiger partial charge is 0.171 e. The Bertz CT molecular complexity index is 927. The molecule has 3 aromatic heterocycles. The molecule has 0 amide bonds. The lowest BCUT2D eigenvalue weighted by molar-refractivity contribution is 0.573. The zero-order chi connectivity index (χ0) is 17.9. The van der Waals surface area contributed by atoms with Crippen molar-refractivity contribution in [2.45, 2.75) is 19.3 Å². The minimum Gasteiger partial charge on any atom is -0.393 e. The van der Waals surface area contributed by atoms with Gasteiger partial charge < -0.3 is 10.2 Å². The number of aromatic nitrogens is 3. The van der Waals surface area contributed by atoms with Gasteiger partial charge in [-0.05, 0) is 43.5 Å². The van der Waals surface area contributed by atoms with E-state index < -0.39 is 0 Å².